The van der Waals surface area contributed by atoms with E-state index in [1.54, 1.807) is 0 Å². The second-order valence-corrected chi connectivity index (χ2v) is 6.83. The van der Waals surface area contributed by atoms with Crippen LogP contribution in [0.1, 0.15) is 12.8 Å². The van der Waals surface area contributed by atoms with Crippen molar-refractivity contribution in [3.8, 4) is 0 Å². The molecule has 0 heterocycles. The first-order valence-corrected chi connectivity index (χ1v) is 9.73. The van der Waals surface area contributed by atoms with Gasteiger partial charge in [0.2, 0.25) is 0 Å². The second-order valence-electron chi connectivity index (χ2n) is 3.85. The fraction of sp³-hybridized carbons (Fsp3) is 0.800. The number of rotatable bonds is 12. The van der Waals surface area contributed by atoms with E-state index in [1.807, 2.05) is 12.5 Å². The van der Waals surface area contributed by atoms with E-state index < -0.39 is 35.6 Å². The number of carbonyl (C=O) groups is 2. The van der Waals surface area contributed by atoms with Gasteiger partial charge in [-0.25, -0.2) is 0 Å². The van der Waals surface area contributed by atoms with E-state index in [-0.39, 0.29) is 0 Å². The highest BCUT2D eigenvalue weighted by Gasteiger charge is 2.28. The summed E-state index contributed by atoms with van der Waals surface area (Å²) in [6.07, 6.45) is 4.31. The molecule has 10 heteroatoms. The van der Waals surface area contributed by atoms with Gasteiger partial charge in [0, 0.05) is 0 Å². The molecule has 0 fully saturated rings. The van der Waals surface area contributed by atoms with Gasteiger partial charge >= 0.3 is 11.9 Å². The van der Waals surface area contributed by atoms with Crippen LogP contribution in [0.5, 0.6) is 0 Å². The summed E-state index contributed by atoms with van der Waals surface area (Å²) in [5.74, 6) is -0.998. The molecule has 0 spiro atoms. The van der Waals surface area contributed by atoms with Gasteiger partial charge in [-0.1, -0.05) is 0 Å². The maximum absolute atomic E-state index is 11.7. The summed E-state index contributed by atoms with van der Waals surface area (Å²) in [7, 11) is 0. The van der Waals surface area contributed by atoms with Gasteiger partial charge in [0.15, 0.2) is 12.1 Å². The van der Waals surface area contributed by atoms with Crippen molar-refractivity contribution in [2.75, 3.05) is 24.0 Å². The molecular weight excluding hydrogens is 324 g/mol. The van der Waals surface area contributed by atoms with Crippen LogP contribution < -0.4 is 9.44 Å². The van der Waals surface area contributed by atoms with E-state index in [9.17, 15) is 14.1 Å². The van der Waals surface area contributed by atoms with Crippen molar-refractivity contribution in [1.29, 1.82) is 0 Å². The molecule has 0 aromatic carbocycles. The lowest BCUT2D eigenvalue weighted by Crippen LogP contribution is -2.51. The number of carboxylic acids is 2. The van der Waals surface area contributed by atoms with Crippen molar-refractivity contribution in [2.24, 2.45) is 0 Å². The maximum Gasteiger partial charge on any atom is 0.325 e. The molecule has 0 aliphatic rings. The maximum atomic E-state index is 11.7. The summed E-state index contributed by atoms with van der Waals surface area (Å²) >= 11 is 1.06. The molecule has 0 aromatic heterocycles. The van der Waals surface area contributed by atoms with E-state index in [4.69, 9.17) is 10.2 Å². The van der Waals surface area contributed by atoms with E-state index in [2.05, 4.69) is 9.44 Å². The van der Waals surface area contributed by atoms with Gasteiger partial charge in [-0.05, 0) is 36.9 Å². The summed E-state index contributed by atoms with van der Waals surface area (Å²) in [6.45, 7) is 0. The first-order valence-electron chi connectivity index (χ1n) is 5.80. The molecule has 7 nitrogen and oxygen atoms in total. The summed E-state index contributed by atoms with van der Waals surface area (Å²) in [5, 5.41) is 18.0. The number of thioether (sulfide) groups is 2. The van der Waals surface area contributed by atoms with Crippen molar-refractivity contribution < 1.29 is 24.4 Å². The molecule has 0 aliphatic heterocycles. The molecule has 0 saturated heterocycles. The first-order chi connectivity index (χ1) is 9.42. The molecule has 4 N–H and O–H groups in total. The summed E-state index contributed by atoms with van der Waals surface area (Å²) < 4.78 is 16.5. The smallest absolute Gasteiger partial charge is 0.325 e. The van der Waals surface area contributed by atoms with Gasteiger partial charge in [-0.15, -0.1) is 9.44 Å². The van der Waals surface area contributed by atoms with Crippen LogP contribution >= 0.6 is 23.5 Å². The summed E-state index contributed by atoms with van der Waals surface area (Å²) in [5.41, 5.74) is 0. The predicted octanol–water partition coefficient (Wildman–Crippen LogP) is 0.157. The zero-order valence-corrected chi connectivity index (χ0v) is 13.8. The van der Waals surface area contributed by atoms with E-state index in [0.29, 0.717) is 24.3 Å². The quantitative estimate of drug-likeness (QED) is 0.367. The van der Waals surface area contributed by atoms with E-state index in [0.717, 1.165) is 0 Å². The zero-order chi connectivity index (χ0) is 15.5. The van der Waals surface area contributed by atoms with Gasteiger partial charge in [-0.2, -0.15) is 23.5 Å². The standard InChI is InChI=1S/C10H20N2O5S3/c1-18-5-3-7(9(13)14)11-20(17)12-8(10(15)16)4-6-19-2/h7-8,11-12H,3-6H2,1-2H3,(H,13,14)(H,15,16)/t7-,8-/m0/s1. The number of carboxylic acid groups (broad SMARTS) is 2. The Hall–Kier alpha value is -0.130. The SMILES string of the molecule is CSCC[C@H](N[S+]([O-])N[C@@H](CCSC)C(=O)O)C(=O)O. The Bertz CT molecular complexity index is 281. The molecule has 0 radical (unpaired) electrons. The zero-order valence-electron chi connectivity index (χ0n) is 11.3. The average Bonchev–Trinajstić information content (AvgIpc) is 2.38. The topological polar surface area (TPSA) is 122 Å². The number of hydrogen-bond donors (Lipinski definition) is 4. The van der Waals surface area contributed by atoms with Crippen molar-refractivity contribution in [3.05, 3.63) is 0 Å². The van der Waals surface area contributed by atoms with Gasteiger partial charge in [0.1, 0.15) is 11.5 Å². The highest BCUT2D eigenvalue weighted by Crippen LogP contribution is 2.05. The molecular formula is C10H20N2O5S3. The second kappa shape index (κ2) is 11.5. The van der Waals surface area contributed by atoms with E-state index in [1.165, 1.54) is 23.5 Å². The third-order valence-corrected chi connectivity index (χ3v) is 4.60. The lowest BCUT2D eigenvalue weighted by Gasteiger charge is -2.19. The van der Waals surface area contributed by atoms with Crippen LogP contribution in [0.3, 0.4) is 0 Å². The Labute approximate surface area is 130 Å². The Morgan fingerprint density at radius 1 is 1.05 bits per heavy atom. The molecule has 20 heavy (non-hydrogen) atoms. The van der Waals surface area contributed by atoms with Crippen LogP contribution in [0.4, 0.5) is 0 Å². The normalized spacial score (nSPS) is 14.2. The molecule has 0 rings (SSSR count). The van der Waals surface area contributed by atoms with Gasteiger partial charge in [0.05, 0.1) is 0 Å². The number of aliphatic carboxylic acids is 2. The highest BCUT2D eigenvalue weighted by molar-refractivity contribution is 7.98. The minimum absolute atomic E-state index is 0.312. The van der Waals surface area contributed by atoms with Crippen LogP contribution in [0.2, 0.25) is 0 Å². The first kappa shape index (κ1) is 19.9. The number of nitrogens with one attached hydrogen (secondary N) is 2. The van der Waals surface area contributed by atoms with Crippen LogP contribution in [-0.4, -0.2) is 62.8 Å². The molecule has 118 valence electrons. The largest absolute Gasteiger partial charge is 0.579 e. The van der Waals surface area contributed by atoms with Crippen molar-refractivity contribution >= 4 is 47.0 Å². The minimum atomic E-state index is -1.91. The van der Waals surface area contributed by atoms with Crippen molar-refractivity contribution in [3.63, 3.8) is 0 Å². The number of hydrogen-bond acceptors (Lipinski definition) is 7. The highest BCUT2D eigenvalue weighted by atomic mass is 32.2. The van der Waals surface area contributed by atoms with Gasteiger partial charge in [-0.3, -0.25) is 9.59 Å². The lowest BCUT2D eigenvalue weighted by atomic mass is 10.2. The Morgan fingerprint density at radius 2 is 1.40 bits per heavy atom. The van der Waals surface area contributed by atoms with Crippen LogP contribution in [-0.2, 0) is 21.1 Å². The fourth-order valence-electron chi connectivity index (χ4n) is 1.23. The molecule has 0 amide bonds. The van der Waals surface area contributed by atoms with Crippen molar-refractivity contribution in [2.45, 2.75) is 24.9 Å². The average molecular weight is 344 g/mol. The molecule has 2 atom stereocenters. The lowest BCUT2D eigenvalue weighted by molar-refractivity contribution is -0.139. The van der Waals surface area contributed by atoms with Gasteiger partial charge < -0.3 is 14.8 Å². The molecule has 0 unspecified atom stereocenters. The summed E-state index contributed by atoms with van der Waals surface area (Å²) in [4.78, 5) is 22.0. The molecule has 0 saturated carbocycles. The van der Waals surface area contributed by atoms with E-state index >= 15 is 0 Å². The van der Waals surface area contributed by atoms with Gasteiger partial charge in [0.25, 0.3) is 0 Å². The minimum Gasteiger partial charge on any atom is -0.579 e. The third-order valence-electron chi connectivity index (χ3n) is 2.32. The van der Waals surface area contributed by atoms with Crippen LogP contribution in [0.25, 0.3) is 0 Å². The fourth-order valence-corrected chi connectivity index (χ4v) is 3.19. The summed E-state index contributed by atoms with van der Waals surface area (Å²) in [6, 6.07) is -1.93. The Balaban J connectivity index is 4.35. The predicted molar refractivity (Wildman–Crippen MR) is 83.3 cm³/mol. The Kier molecular flexibility index (Phi) is 11.4. The van der Waals surface area contributed by atoms with Crippen molar-refractivity contribution in [1.82, 2.24) is 9.44 Å². The molecule has 0 bridgehead atoms. The molecule has 0 aliphatic carbocycles. The Morgan fingerprint density at radius 3 is 1.65 bits per heavy atom. The van der Waals surface area contributed by atoms with Crippen LogP contribution in [0, 0.1) is 0 Å². The monoisotopic (exact) mass is 344 g/mol. The van der Waals surface area contributed by atoms with Crippen LogP contribution in [0.15, 0.2) is 0 Å². The third kappa shape index (κ3) is 8.93. The molecule has 0 aromatic rings.